The lowest BCUT2D eigenvalue weighted by Crippen LogP contribution is -2.51. The molecular formula is C25H23N3O2. The highest BCUT2D eigenvalue weighted by Gasteiger charge is 2.45. The highest BCUT2D eigenvalue weighted by atomic mass is 16.7. The Bertz CT molecular complexity index is 1190. The van der Waals surface area contributed by atoms with Crippen molar-refractivity contribution in [2.24, 2.45) is 0 Å². The van der Waals surface area contributed by atoms with Crippen LogP contribution in [-0.2, 0) is 28.0 Å². The van der Waals surface area contributed by atoms with Gasteiger partial charge in [0, 0.05) is 29.3 Å². The van der Waals surface area contributed by atoms with Crippen LogP contribution < -0.4 is 0 Å². The van der Waals surface area contributed by atoms with E-state index >= 15 is 0 Å². The summed E-state index contributed by atoms with van der Waals surface area (Å²) >= 11 is 0. The van der Waals surface area contributed by atoms with Crippen LogP contribution in [0.2, 0.25) is 0 Å². The number of aromatic amines is 1. The molecule has 2 aromatic carbocycles. The summed E-state index contributed by atoms with van der Waals surface area (Å²) in [7, 11) is 0. The molecule has 2 aromatic heterocycles. The Kier molecular flexibility index (Phi) is 4.60. The predicted octanol–water partition coefficient (Wildman–Crippen LogP) is 4.39. The second kappa shape index (κ2) is 7.43. The summed E-state index contributed by atoms with van der Waals surface area (Å²) < 4.78 is 0. The summed E-state index contributed by atoms with van der Waals surface area (Å²) in [6.07, 6.45) is 2.80. The van der Waals surface area contributed by atoms with Crippen LogP contribution in [0.5, 0.6) is 0 Å². The fourth-order valence-corrected chi connectivity index (χ4v) is 4.40. The fraction of sp³-hybridized carbons (Fsp3) is 0.200. The maximum atomic E-state index is 12.8. The highest BCUT2D eigenvalue weighted by Crippen LogP contribution is 2.42. The number of benzene rings is 2. The van der Waals surface area contributed by atoms with Crippen molar-refractivity contribution in [3.63, 3.8) is 0 Å². The molecule has 0 saturated heterocycles. The van der Waals surface area contributed by atoms with Crippen molar-refractivity contribution in [1.29, 1.82) is 0 Å². The van der Waals surface area contributed by atoms with Crippen molar-refractivity contribution in [3.8, 4) is 0 Å². The number of carbonyl (C=O) groups excluding carboxylic acids is 1. The van der Waals surface area contributed by atoms with Gasteiger partial charge in [0.1, 0.15) is 5.54 Å². The summed E-state index contributed by atoms with van der Waals surface area (Å²) in [6, 6.07) is 23.8. The number of hydrogen-bond acceptors (Lipinski definition) is 4. The molecular weight excluding hydrogens is 374 g/mol. The monoisotopic (exact) mass is 397 g/mol. The lowest BCUT2D eigenvalue weighted by Gasteiger charge is -2.42. The zero-order valence-corrected chi connectivity index (χ0v) is 16.8. The van der Waals surface area contributed by atoms with Crippen LogP contribution in [0.1, 0.15) is 29.4 Å². The molecule has 1 aliphatic heterocycles. The van der Waals surface area contributed by atoms with E-state index in [1.165, 1.54) is 10.9 Å². The molecule has 0 amide bonds. The molecule has 3 heterocycles. The first-order valence-electron chi connectivity index (χ1n) is 10.2. The number of para-hydroxylation sites is 1. The SMILES string of the molecule is C[C@]1(c2ccccn2)c2[nH]c3ccccc3c2CCN1OC(=O)Cc1ccccc1. The fourth-order valence-electron chi connectivity index (χ4n) is 4.40. The summed E-state index contributed by atoms with van der Waals surface area (Å²) in [5, 5.41) is 3.00. The van der Waals surface area contributed by atoms with Gasteiger partial charge in [0.25, 0.3) is 0 Å². The first-order chi connectivity index (χ1) is 14.7. The number of hydroxylamine groups is 2. The van der Waals surface area contributed by atoms with E-state index < -0.39 is 5.54 Å². The van der Waals surface area contributed by atoms with Gasteiger partial charge in [-0.3, -0.25) is 4.98 Å². The highest BCUT2D eigenvalue weighted by molar-refractivity contribution is 5.85. The second-order valence-electron chi connectivity index (χ2n) is 7.79. The van der Waals surface area contributed by atoms with E-state index in [1.54, 1.807) is 11.3 Å². The van der Waals surface area contributed by atoms with Crippen molar-refractivity contribution in [2.45, 2.75) is 25.3 Å². The average Bonchev–Trinajstić information content (AvgIpc) is 3.17. The Morgan fingerprint density at radius 1 is 1.07 bits per heavy atom. The van der Waals surface area contributed by atoms with E-state index in [9.17, 15) is 4.79 Å². The normalized spacial score (nSPS) is 18.8. The van der Waals surface area contributed by atoms with Gasteiger partial charge in [0.2, 0.25) is 0 Å². The Labute approximate surface area is 175 Å². The lowest BCUT2D eigenvalue weighted by molar-refractivity contribution is -0.218. The molecule has 5 nitrogen and oxygen atoms in total. The van der Waals surface area contributed by atoms with Crippen molar-refractivity contribution < 1.29 is 9.63 Å². The third kappa shape index (κ3) is 3.08. The maximum absolute atomic E-state index is 12.8. The smallest absolute Gasteiger partial charge is 0.329 e. The van der Waals surface area contributed by atoms with Gasteiger partial charge in [-0.15, -0.1) is 5.06 Å². The molecule has 1 N–H and O–H groups in total. The van der Waals surface area contributed by atoms with E-state index in [4.69, 9.17) is 4.84 Å². The summed E-state index contributed by atoms with van der Waals surface area (Å²) in [5.74, 6) is -0.275. The van der Waals surface area contributed by atoms with Gasteiger partial charge in [0.05, 0.1) is 12.1 Å². The number of H-pyrrole nitrogens is 1. The van der Waals surface area contributed by atoms with Gasteiger partial charge in [-0.25, -0.2) is 4.79 Å². The minimum absolute atomic E-state index is 0.231. The summed E-state index contributed by atoms with van der Waals surface area (Å²) in [4.78, 5) is 27.0. The number of carbonyl (C=O) groups is 1. The van der Waals surface area contributed by atoms with Gasteiger partial charge in [-0.05, 0) is 42.7 Å². The number of aromatic nitrogens is 2. The zero-order valence-electron chi connectivity index (χ0n) is 16.8. The largest absolute Gasteiger partial charge is 0.366 e. The van der Waals surface area contributed by atoms with Crippen molar-refractivity contribution >= 4 is 16.9 Å². The molecule has 0 spiro atoms. The van der Waals surface area contributed by atoms with Crippen LogP contribution in [0.3, 0.4) is 0 Å². The minimum Gasteiger partial charge on any atom is -0.366 e. The molecule has 5 rings (SSSR count). The Hall–Kier alpha value is -3.44. The molecule has 4 aromatic rings. The molecule has 0 aliphatic carbocycles. The summed E-state index contributed by atoms with van der Waals surface area (Å²) in [5.41, 5.74) is 4.44. The average molecular weight is 397 g/mol. The van der Waals surface area contributed by atoms with Crippen molar-refractivity contribution in [2.75, 3.05) is 6.54 Å². The van der Waals surface area contributed by atoms with E-state index in [1.807, 2.05) is 54.6 Å². The Balaban J connectivity index is 1.55. The number of fused-ring (bicyclic) bond motifs is 3. The Morgan fingerprint density at radius 2 is 1.83 bits per heavy atom. The molecule has 0 saturated carbocycles. The van der Waals surface area contributed by atoms with Gasteiger partial charge in [-0.2, -0.15) is 0 Å². The number of rotatable bonds is 4. The topological polar surface area (TPSA) is 58.2 Å². The van der Waals surface area contributed by atoms with E-state index in [-0.39, 0.29) is 12.4 Å². The lowest BCUT2D eigenvalue weighted by atomic mass is 9.85. The first kappa shape index (κ1) is 18.6. The molecule has 0 unspecified atom stereocenters. The summed E-state index contributed by atoms with van der Waals surface area (Å²) in [6.45, 7) is 2.67. The molecule has 150 valence electrons. The molecule has 1 atom stereocenters. The molecule has 30 heavy (non-hydrogen) atoms. The molecule has 5 heteroatoms. The second-order valence-corrected chi connectivity index (χ2v) is 7.79. The van der Waals surface area contributed by atoms with E-state index in [0.29, 0.717) is 6.54 Å². The van der Waals surface area contributed by atoms with Gasteiger partial charge in [-0.1, -0.05) is 54.6 Å². The molecule has 0 bridgehead atoms. The quantitative estimate of drug-likeness (QED) is 0.555. The third-order valence-electron chi connectivity index (χ3n) is 5.93. The molecule has 0 radical (unpaired) electrons. The zero-order chi connectivity index (χ0) is 20.6. The molecule has 0 fully saturated rings. The number of nitrogens with one attached hydrogen (secondary N) is 1. The maximum Gasteiger partial charge on any atom is 0.329 e. The van der Waals surface area contributed by atoms with Gasteiger partial charge < -0.3 is 9.82 Å². The van der Waals surface area contributed by atoms with Crippen LogP contribution >= 0.6 is 0 Å². The van der Waals surface area contributed by atoms with E-state index in [2.05, 4.69) is 35.1 Å². The number of pyridine rings is 1. The van der Waals surface area contributed by atoms with Crippen LogP contribution in [0.4, 0.5) is 0 Å². The standard InChI is InChI=1S/C25H23N3O2/c1-25(22-13-7-8-15-26-22)24-20(19-11-5-6-12-21(19)27-24)14-16-28(25)30-23(29)17-18-9-3-2-4-10-18/h2-13,15,27H,14,16-17H2,1H3/t25-/m0/s1. The van der Waals surface area contributed by atoms with Crippen molar-refractivity contribution in [1.82, 2.24) is 15.0 Å². The number of hydrogen-bond donors (Lipinski definition) is 1. The van der Waals surface area contributed by atoms with Crippen LogP contribution in [0.25, 0.3) is 10.9 Å². The van der Waals surface area contributed by atoms with Gasteiger partial charge in [0.15, 0.2) is 0 Å². The van der Waals surface area contributed by atoms with E-state index in [0.717, 1.165) is 28.9 Å². The molecule has 1 aliphatic rings. The minimum atomic E-state index is -0.708. The third-order valence-corrected chi connectivity index (χ3v) is 5.93. The van der Waals surface area contributed by atoms with Gasteiger partial charge >= 0.3 is 5.97 Å². The predicted molar refractivity (Wildman–Crippen MR) is 116 cm³/mol. The first-order valence-corrected chi connectivity index (χ1v) is 10.2. The van der Waals surface area contributed by atoms with Crippen molar-refractivity contribution in [3.05, 3.63) is 102 Å². The Morgan fingerprint density at radius 3 is 2.63 bits per heavy atom. The van der Waals surface area contributed by atoms with Crippen LogP contribution in [0.15, 0.2) is 79.0 Å². The number of nitrogens with zero attached hydrogens (tertiary/aromatic N) is 2. The van der Waals surface area contributed by atoms with Crippen LogP contribution in [-0.4, -0.2) is 27.5 Å². The van der Waals surface area contributed by atoms with Crippen LogP contribution in [0, 0.1) is 0 Å².